The van der Waals surface area contributed by atoms with E-state index >= 15 is 0 Å². The van der Waals surface area contributed by atoms with Gasteiger partial charge in [0.1, 0.15) is 0 Å². The van der Waals surface area contributed by atoms with Gasteiger partial charge in [0, 0.05) is 0 Å². The van der Waals surface area contributed by atoms with E-state index in [0.717, 1.165) is 0 Å². The van der Waals surface area contributed by atoms with Gasteiger partial charge in [-0.2, -0.15) is 96.6 Å². The minimum atomic E-state index is -9.30. The molecule has 25 heteroatoms. The van der Waals surface area contributed by atoms with Crippen molar-refractivity contribution in [3.05, 3.63) is 0 Å². The van der Waals surface area contributed by atoms with Gasteiger partial charge in [-0.05, 0) is 0 Å². The highest BCUT2D eigenvalue weighted by Gasteiger charge is 3.07. The molecule has 0 aromatic rings. The summed E-state index contributed by atoms with van der Waals surface area (Å²) < 4.78 is 314. The van der Waals surface area contributed by atoms with Gasteiger partial charge in [-0.25, -0.2) is 4.39 Å². The monoisotopic (exact) mass is 611 g/mol. The highest BCUT2D eigenvalue weighted by Crippen LogP contribution is 2.75. The summed E-state index contributed by atoms with van der Waals surface area (Å²) in [6.07, 6.45) is -16.5. The molecule has 2 aliphatic rings. The predicted molar refractivity (Wildman–Crippen MR) is 61.2 cm³/mol. The molecular weight excluding hydrogens is 611 g/mol. The van der Waals surface area contributed by atoms with Crippen molar-refractivity contribution < 1.29 is 106 Å². The van der Waals surface area contributed by atoms with Gasteiger partial charge in [-0.3, -0.25) is 4.74 Å². The quantitative estimate of drug-likeness (QED) is 0.239. The predicted octanol–water partition coefficient (Wildman–Crippen LogP) is 6.82. The minimum absolute atomic E-state index is 1.36. The zero-order valence-electron chi connectivity index (χ0n) is 15.5. The number of morpholine rings is 1. The van der Waals surface area contributed by atoms with E-state index in [0.29, 0.717) is 0 Å². The second kappa shape index (κ2) is 6.89. The molecule has 0 aromatic heterocycles. The molecule has 1 aliphatic heterocycles. The highest BCUT2D eigenvalue weighted by atomic mass is 19.4. The largest absolute Gasteiger partial charge is 0.456 e. The summed E-state index contributed by atoms with van der Waals surface area (Å²) in [4.78, 5) is -5.30. The van der Waals surface area contributed by atoms with Crippen molar-refractivity contribution in [2.75, 3.05) is 0 Å². The Balaban J connectivity index is 3.26. The van der Waals surface area contributed by atoms with Gasteiger partial charge in [-0.1, -0.05) is 0 Å². The van der Waals surface area contributed by atoms with Gasteiger partial charge in [-0.15, -0.1) is 4.90 Å². The maximum absolute atomic E-state index is 14.9. The first-order chi connectivity index (χ1) is 15.6. The summed E-state index contributed by atoms with van der Waals surface area (Å²) >= 11 is 0. The lowest BCUT2D eigenvalue weighted by Crippen LogP contribution is -2.94. The summed E-state index contributed by atoms with van der Waals surface area (Å²) in [6.45, 7) is 0. The van der Waals surface area contributed by atoms with E-state index in [1.165, 1.54) is 4.74 Å². The molecule has 1 aliphatic carbocycles. The first kappa shape index (κ1) is 31.5. The van der Waals surface area contributed by atoms with E-state index in [4.69, 9.17) is 0 Å². The lowest BCUT2D eigenvalue weighted by Gasteiger charge is -2.61. The Bertz CT molecular complexity index is 878. The number of rotatable bonds is 1. The van der Waals surface area contributed by atoms with E-state index in [1.54, 1.807) is 0 Å². The van der Waals surface area contributed by atoms with Crippen molar-refractivity contribution in [1.82, 2.24) is 4.90 Å². The second-order valence-corrected chi connectivity index (χ2v) is 7.20. The van der Waals surface area contributed by atoms with Crippen molar-refractivity contribution in [1.29, 1.82) is 0 Å². The molecule has 2 nitrogen and oxygen atoms in total. The fourth-order valence-electron chi connectivity index (χ4n) is 3.11. The lowest BCUT2D eigenvalue weighted by molar-refractivity contribution is -0.616. The molecule has 37 heavy (non-hydrogen) atoms. The summed E-state index contributed by atoms with van der Waals surface area (Å²) in [7, 11) is 0. The van der Waals surface area contributed by atoms with Crippen molar-refractivity contribution >= 4 is 0 Å². The molecule has 1 saturated carbocycles. The van der Waals surface area contributed by atoms with Gasteiger partial charge in [0.15, 0.2) is 0 Å². The van der Waals surface area contributed by atoms with E-state index in [9.17, 15) is 101 Å². The summed E-state index contributed by atoms with van der Waals surface area (Å²) in [5.74, 6) is -69.9. The first-order valence-electron chi connectivity index (χ1n) is 7.93. The number of ether oxygens (including phenoxy) is 1. The molecule has 0 bridgehead atoms. The normalized spacial score (nSPS) is 37.7. The Hall–Kier alpha value is -1.69. The Morgan fingerprint density at radius 1 is 0.378 bits per heavy atom. The van der Waals surface area contributed by atoms with E-state index in [-0.39, 0.29) is 0 Å². The first-order valence-corrected chi connectivity index (χ1v) is 7.93. The number of alkyl halides is 23. The average Bonchev–Trinajstić information content (AvgIpc) is 2.62. The molecule has 2 rings (SSSR count). The molecule has 1 saturated heterocycles. The smallest absolute Gasteiger partial charge is 0.282 e. The standard InChI is InChI=1S/C12F23NO/c13-1(14)2(15,16)4(19,20)6(23,5(21,22)3(1,17)18)36-11(32,33)7(24,9(26,27)28)37-8(25,10(29,30)31)12(36,34)35. The highest BCUT2D eigenvalue weighted by molar-refractivity contribution is 5.29. The molecule has 2 unspecified atom stereocenters. The maximum Gasteiger partial charge on any atom is 0.456 e. The number of halogens is 23. The second-order valence-electron chi connectivity index (χ2n) is 7.20. The van der Waals surface area contributed by atoms with Crippen molar-refractivity contribution in [3.8, 4) is 0 Å². The zero-order valence-corrected chi connectivity index (χ0v) is 15.5. The molecule has 2 fully saturated rings. The average molecular weight is 611 g/mol. The van der Waals surface area contributed by atoms with Crippen LogP contribution in [0.5, 0.6) is 0 Å². The summed E-state index contributed by atoms with van der Waals surface area (Å²) in [6, 6.07) is -17.6. The summed E-state index contributed by atoms with van der Waals surface area (Å²) in [5.41, 5.74) is 0. The maximum atomic E-state index is 14.9. The Labute approximate surface area is 183 Å². The van der Waals surface area contributed by atoms with E-state index in [1.807, 2.05) is 0 Å². The molecular formula is C12F23NO. The third kappa shape index (κ3) is 2.84. The Kier molecular flexibility index (Phi) is 5.87. The van der Waals surface area contributed by atoms with Crippen LogP contribution in [0, 0.1) is 0 Å². The Morgan fingerprint density at radius 2 is 0.595 bits per heavy atom. The third-order valence-electron chi connectivity index (χ3n) is 5.06. The van der Waals surface area contributed by atoms with Gasteiger partial charge >= 0.3 is 71.6 Å². The van der Waals surface area contributed by atoms with Crippen LogP contribution in [0.15, 0.2) is 0 Å². The van der Waals surface area contributed by atoms with Crippen molar-refractivity contribution in [2.45, 2.75) is 71.6 Å². The van der Waals surface area contributed by atoms with Crippen LogP contribution < -0.4 is 0 Å². The lowest BCUT2D eigenvalue weighted by atomic mass is 9.75. The number of nitrogens with zero attached hydrogens (tertiary/aromatic N) is 1. The molecule has 0 spiro atoms. The van der Waals surface area contributed by atoms with Gasteiger partial charge in [0.25, 0.3) is 0 Å². The van der Waals surface area contributed by atoms with Crippen LogP contribution >= 0.6 is 0 Å². The molecule has 220 valence electrons. The van der Waals surface area contributed by atoms with Gasteiger partial charge in [0.05, 0.1) is 0 Å². The zero-order chi connectivity index (χ0) is 30.3. The topological polar surface area (TPSA) is 12.5 Å². The van der Waals surface area contributed by atoms with Gasteiger partial charge < -0.3 is 0 Å². The Morgan fingerprint density at radius 3 is 0.811 bits per heavy atom. The minimum Gasteiger partial charge on any atom is -0.282 e. The van der Waals surface area contributed by atoms with Crippen molar-refractivity contribution in [2.24, 2.45) is 0 Å². The molecule has 0 radical (unpaired) electrons. The fourth-order valence-corrected chi connectivity index (χ4v) is 3.11. The van der Waals surface area contributed by atoms with Crippen molar-refractivity contribution in [3.63, 3.8) is 0 Å². The van der Waals surface area contributed by atoms with E-state index < -0.39 is 76.5 Å². The van der Waals surface area contributed by atoms with Crippen LogP contribution in [0.25, 0.3) is 0 Å². The molecule has 0 N–H and O–H groups in total. The van der Waals surface area contributed by atoms with Crippen LogP contribution in [-0.4, -0.2) is 76.5 Å². The molecule has 2 atom stereocenters. The summed E-state index contributed by atoms with van der Waals surface area (Å²) in [5, 5.41) is 0. The van der Waals surface area contributed by atoms with Gasteiger partial charge in [0.2, 0.25) is 0 Å². The fraction of sp³-hybridized carbons (Fsp3) is 1.00. The number of hydrogen-bond acceptors (Lipinski definition) is 2. The van der Waals surface area contributed by atoms with Crippen LogP contribution in [0.3, 0.4) is 0 Å². The molecule has 0 amide bonds. The third-order valence-corrected chi connectivity index (χ3v) is 5.06. The van der Waals surface area contributed by atoms with Crippen LogP contribution in [-0.2, 0) is 4.74 Å². The molecule has 0 aromatic carbocycles. The number of hydrogen-bond donors (Lipinski definition) is 0. The van der Waals surface area contributed by atoms with Crippen LogP contribution in [0.4, 0.5) is 101 Å². The molecule has 1 heterocycles. The van der Waals surface area contributed by atoms with Crippen LogP contribution in [0.1, 0.15) is 0 Å². The SMILES string of the molecule is FC(F)(F)C1(F)OC(F)(C(F)(F)F)C(F)(F)N(C2(F)C(F)(F)C(F)(F)C(F)(F)C(F)(F)C2(F)F)C1(F)F. The van der Waals surface area contributed by atoms with Crippen LogP contribution in [0.2, 0.25) is 0 Å². The van der Waals surface area contributed by atoms with E-state index in [2.05, 4.69) is 0 Å².